The molecule has 0 amide bonds. The van der Waals surface area contributed by atoms with E-state index >= 15 is 0 Å². The maximum atomic E-state index is 2.48. The van der Waals surface area contributed by atoms with Gasteiger partial charge >= 0.3 is 0 Å². The molecule has 0 heteroatoms. The molecule has 0 saturated heterocycles. The second-order valence-corrected chi connectivity index (χ2v) is 8.41. The lowest BCUT2D eigenvalue weighted by molar-refractivity contribution is 0.719. The zero-order chi connectivity index (χ0) is 17.5. The van der Waals surface area contributed by atoms with E-state index in [1.165, 1.54) is 66.4 Å². The molecule has 3 aromatic carbocycles. The SMILES string of the molecule is C[C@]12c3c4cccc3-c3cccc5c6ccc[c-](c-6c1c35)-c1cccc-4c12. The zero-order valence-electron chi connectivity index (χ0n) is 14.9. The van der Waals surface area contributed by atoms with Crippen LogP contribution < -0.4 is 0 Å². The van der Waals surface area contributed by atoms with Crippen LogP contribution in [0.4, 0.5) is 0 Å². The molecule has 0 aliphatic heterocycles. The number of benzene rings is 4. The summed E-state index contributed by atoms with van der Waals surface area (Å²) < 4.78 is 0. The number of hydrogen-bond acceptors (Lipinski definition) is 0. The highest BCUT2D eigenvalue weighted by atomic mass is 14.5. The van der Waals surface area contributed by atoms with E-state index in [2.05, 4.69) is 79.7 Å². The fourth-order valence-electron chi connectivity index (χ4n) is 6.62. The molecule has 8 rings (SSSR count). The summed E-state index contributed by atoms with van der Waals surface area (Å²) in [6, 6.07) is 27.6. The van der Waals surface area contributed by atoms with E-state index in [9.17, 15) is 0 Å². The van der Waals surface area contributed by atoms with Crippen LogP contribution in [-0.2, 0) is 5.41 Å². The van der Waals surface area contributed by atoms with Crippen LogP contribution in [0.1, 0.15) is 23.6 Å². The van der Waals surface area contributed by atoms with E-state index in [1.807, 2.05) is 0 Å². The molecule has 0 fully saturated rings. The lowest BCUT2D eigenvalue weighted by Gasteiger charge is -2.43. The first-order valence-electron chi connectivity index (χ1n) is 9.73. The molecule has 0 nitrogen and oxygen atoms in total. The van der Waals surface area contributed by atoms with Gasteiger partial charge in [0, 0.05) is 5.41 Å². The summed E-state index contributed by atoms with van der Waals surface area (Å²) in [5, 5.41) is 2.90. The number of fused-ring (bicyclic) bond motifs is 4. The Labute approximate surface area is 157 Å². The molecule has 5 aliphatic rings. The van der Waals surface area contributed by atoms with Gasteiger partial charge in [-0.3, -0.25) is 0 Å². The van der Waals surface area contributed by atoms with Crippen LogP contribution in [0.2, 0.25) is 0 Å². The molecule has 124 valence electrons. The number of rotatable bonds is 0. The molecule has 5 aliphatic carbocycles. The highest BCUT2D eigenvalue weighted by Gasteiger charge is 2.48. The summed E-state index contributed by atoms with van der Waals surface area (Å²) in [5.41, 5.74) is 16.0. The van der Waals surface area contributed by atoms with Crippen molar-refractivity contribution in [1.82, 2.24) is 0 Å². The predicted octanol–water partition coefficient (Wildman–Crippen LogP) is 6.96. The quantitative estimate of drug-likeness (QED) is 0.262. The minimum atomic E-state index is -0.0411. The monoisotopic (exact) mass is 339 g/mol. The molecule has 0 heterocycles. The lowest BCUT2D eigenvalue weighted by atomic mass is 9.62. The molecule has 3 aromatic rings. The lowest BCUT2D eigenvalue weighted by Crippen LogP contribution is -2.28. The van der Waals surface area contributed by atoms with Crippen molar-refractivity contribution in [2.75, 3.05) is 0 Å². The Bertz CT molecular complexity index is 1480. The molecule has 1 atom stereocenters. The smallest absolute Gasteiger partial charge is 0.000902 e. The molecular weight excluding hydrogens is 324 g/mol. The Balaban J connectivity index is 1.83. The molecule has 27 heavy (non-hydrogen) atoms. The van der Waals surface area contributed by atoms with Gasteiger partial charge in [-0.15, -0.1) is 24.3 Å². The Kier molecular flexibility index (Phi) is 1.79. The molecule has 0 aromatic heterocycles. The van der Waals surface area contributed by atoms with E-state index < -0.39 is 0 Å². The average molecular weight is 339 g/mol. The van der Waals surface area contributed by atoms with E-state index in [1.54, 1.807) is 5.56 Å². The summed E-state index contributed by atoms with van der Waals surface area (Å²) in [6.07, 6.45) is 0. The van der Waals surface area contributed by atoms with Gasteiger partial charge < -0.3 is 0 Å². The van der Waals surface area contributed by atoms with Crippen molar-refractivity contribution in [2.45, 2.75) is 12.3 Å². The second-order valence-electron chi connectivity index (χ2n) is 8.41. The summed E-state index contributed by atoms with van der Waals surface area (Å²) >= 11 is 0. The Hall–Kier alpha value is -3.25. The highest BCUT2D eigenvalue weighted by Crippen LogP contribution is 2.68. The standard InChI is InChI=1S/C27H15/c1-27-24-18-10-4-12-20(24)21-13-5-11-19(25(21)27)17-9-3-7-15-14-6-2-8-16(18)22(14)26(27)23(15)17/h2-13H,1H3/q-1. The molecule has 0 unspecified atom stereocenters. The van der Waals surface area contributed by atoms with Crippen LogP contribution in [0.5, 0.6) is 0 Å². The normalized spacial score (nSPS) is 19.4. The van der Waals surface area contributed by atoms with Gasteiger partial charge in [-0.2, -0.15) is 0 Å². The molecule has 0 saturated carbocycles. The molecule has 0 spiro atoms. The van der Waals surface area contributed by atoms with Gasteiger partial charge in [0.2, 0.25) is 0 Å². The van der Waals surface area contributed by atoms with Gasteiger partial charge in [-0.1, -0.05) is 88.8 Å². The largest absolute Gasteiger partial charge is 0.114 e. The third kappa shape index (κ3) is 1.09. The van der Waals surface area contributed by atoms with Crippen molar-refractivity contribution in [3.63, 3.8) is 0 Å². The summed E-state index contributed by atoms with van der Waals surface area (Å²) in [6.45, 7) is 2.48. The highest BCUT2D eigenvalue weighted by molar-refractivity contribution is 6.21. The molecular formula is C27H15-. The van der Waals surface area contributed by atoms with Crippen LogP contribution in [0.3, 0.4) is 0 Å². The van der Waals surface area contributed by atoms with Crippen molar-refractivity contribution >= 4 is 10.8 Å². The Morgan fingerprint density at radius 1 is 0.630 bits per heavy atom. The number of hydrogen-bond donors (Lipinski definition) is 0. The zero-order valence-corrected chi connectivity index (χ0v) is 14.9. The first-order valence-corrected chi connectivity index (χ1v) is 9.73. The van der Waals surface area contributed by atoms with Gasteiger partial charge in [0.1, 0.15) is 0 Å². The van der Waals surface area contributed by atoms with Gasteiger partial charge in [0.15, 0.2) is 0 Å². The van der Waals surface area contributed by atoms with E-state index in [4.69, 9.17) is 0 Å². The van der Waals surface area contributed by atoms with Crippen molar-refractivity contribution in [1.29, 1.82) is 0 Å². The van der Waals surface area contributed by atoms with E-state index in [0.29, 0.717) is 0 Å². The van der Waals surface area contributed by atoms with Gasteiger partial charge in [-0.05, 0) is 38.6 Å². The van der Waals surface area contributed by atoms with E-state index in [0.717, 1.165) is 0 Å². The first kappa shape index (κ1) is 13.0. The average Bonchev–Trinajstić information content (AvgIpc) is 3.20. The minimum absolute atomic E-state index is 0.0411. The fraction of sp³-hybridized carbons (Fsp3) is 0.0741. The third-order valence-electron chi connectivity index (χ3n) is 7.42. The van der Waals surface area contributed by atoms with Gasteiger partial charge in [0.05, 0.1) is 0 Å². The van der Waals surface area contributed by atoms with Gasteiger partial charge in [0.25, 0.3) is 0 Å². The van der Waals surface area contributed by atoms with Crippen molar-refractivity contribution in [2.24, 2.45) is 0 Å². The van der Waals surface area contributed by atoms with Gasteiger partial charge in [-0.25, -0.2) is 0 Å². The van der Waals surface area contributed by atoms with Crippen LogP contribution in [0.15, 0.2) is 72.8 Å². The van der Waals surface area contributed by atoms with Crippen molar-refractivity contribution in [3.8, 4) is 44.5 Å². The summed E-state index contributed by atoms with van der Waals surface area (Å²) in [5.74, 6) is 0. The Morgan fingerprint density at radius 3 is 2.19 bits per heavy atom. The van der Waals surface area contributed by atoms with E-state index in [-0.39, 0.29) is 5.41 Å². The van der Waals surface area contributed by atoms with Crippen LogP contribution in [0, 0.1) is 0 Å². The third-order valence-corrected chi connectivity index (χ3v) is 7.42. The van der Waals surface area contributed by atoms with Crippen molar-refractivity contribution < 1.29 is 0 Å². The topological polar surface area (TPSA) is 0 Å². The summed E-state index contributed by atoms with van der Waals surface area (Å²) in [7, 11) is 0. The summed E-state index contributed by atoms with van der Waals surface area (Å²) in [4.78, 5) is 0. The van der Waals surface area contributed by atoms with Crippen LogP contribution >= 0.6 is 0 Å². The Morgan fingerprint density at radius 2 is 1.30 bits per heavy atom. The second kappa shape index (κ2) is 3.73. The minimum Gasteiger partial charge on any atom is -0.114 e. The maximum Gasteiger partial charge on any atom is 0.000902 e. The van der Waals surface area contributed by atoms with Crippen LogP contribution in [-0.4, -0.2) is 0 Å². The maximum absolute atomic E-state index is 2.48. The van der Waals surface area contributed by atoms with Crippen molar-refractivity contribution in [3.05, 3.63) is 89.5 Å². The molecule has 0 radical (unpaired) electrons. The molecule has 0 N–H and O–H groups in total. The van der Waals surface area contributed by atoms with Crippen LogP contribution in [0.25, 0.3) is 55.3 Å². The fourth-order valence-corrected chi connectivity index (χ4v) is 6.62. The predicted molar refractivity (Wildman–Crippen MR) is 112 cm³/mol. The first-order chi connectivity index (χ1) is 13.3. The molecule has 0 bridgehead atoms.